The van der Waals surface area contributed by atoms with E-state index in [1.807, 2.05) is 25.1 Å². The first kappa shape index (κ1) is 15.5. The molecule has 3 N–H and O–H groups in total. The molecule has 0 aromatic heterocycles. The molecule has 0 saturated heterocycles. The Labute approximate surface area is 122 Å². The van der Waals surface area contributed by atoms with Gasteiger partial charge in [-0.1, -0.05) is 15.9 Å². The molecule has 0 radical (unpaired) electrons. The molecule has 1 fully saturated rings. The molecule has 1 saturated carbocycles. The van der Waals surface area contributed by atoms with Crippen molar-refractivity contribution < 1.29 is 4.79 Å². The Morgan fingerprint density at radius 2 is 2.22 bits per heavy atom. The third kappa shape index (κ3) is 3.97. The highest BCUT2D eigenvalue weighted by Gasteiger charge is 2.28. The minimum atomic E-state index is -0.0447. The molecule has 0 aliphatic heterocycles. The highest BCUT2D eigenvalue weighted by atomic mass is 79.9. The maximum absolute atomic E-state index is 11.9. The number of rotatable bonds is 4. The van der Waals surface area contributed by atoms with Crippen molar-refractivity contribution in [1.82, 2.24) is 5.32 Å². The van der Waals surface area contributed by atoms with Gasteiger partial charge in [-0.05, 0) is 49.4 Å². The summed E-state index contributed by atoms with van der Waals surface area (Å²) in [7, 11) is 0. The smallest absolute Gasteiger partial charge is 0.251 e. The summed E-state index contributed by atoms with van der Waals surface area (Å²) in [5.41, 5.74) is 7.69. The normalized spacial score (nSPS) is 15.7. The largest absolute Gasteiger partial charge is 0.350 e. The summed E-state index contributed by atoms with van der Waals surface area (Å²) in [5.74, 6) is 0.568. The number of benzene rings is 1. The fourth-order valence-electron chi connectivity index (χ4n) is 1.79. The van der Waals surface area contributed by atoms with Crippen LogP contribution in [0.3, 0.4) is 0 Å². The number of carbonyl (C=O) groups is 1. The summed E-state index contributed by atoms with van der Waals surface area (Å²) in [4.78, 5) is 11.9. The van der Waals surface area contributed by atoms with E-state index in [1.54, 1.807) is 0 Å². The third-order valence-corrected chi connectivity index (χ3v) is 4.04. The lowest BCUT2D eigenvalue weighted by molar-refractivity contribution is 0.0950. The number of amides is 1. The van der Waals surface area contributed by atoms with E-state index >= 15 is 0 Å². The van der Waals surface area contributed by atoms with Crippen molar-refractivity contribution in [1.29, 1.82) is 0 Å². The van der Waals surface area contributed by atoms with Gasteiger partial charge in [-0.15, -0.1) is 12.4 Å². The van der Waals surface area contributed by atoms with Crippen LogP contribution in [-0.4, -0.2) is 18.5 Å². The molecular formula is C13H18BrClN2O. The predicted octanol–water partition coefficient (Wildman–Crippen LogP) is 2.65. The number of hydrogen-bond donors (Lipinski definition) is 2. The van der Waals surface area contributed by atoms with Gasteiger partial charge < -0.3 is 11.1 Å². The maximum Gasteiger partial charge on any atom is 0.251 e. The molecule has 1 atom stereocenters. The van der Waals surface area contributed by atoms with E-state index in [1.165, 1.54) is 12.8 Å². The van der Waals surface area contributed by atoms with Crippen LogP contribution < -0.4 is 11.1 Å². The first-order valence-corrected chi connectivity index (χ1v) is 6.67. The molecule has 3 nitrogen and oxygen atoms in total. The predicted molar refractivity (Wildman–Crippen MR) is 79.2 cm³/mol. The fraction of sp³-hybridized carbons (Fsp3) is 0.462. The lowest BCUT2D eigenvalue weighted by Crippen LogP contribution is -2.38. The first-order valence-electron chi connectivity index (χ1n) is 5.88. The van der Waals surface area contributed by atoms with Gasteiger partial charge in [0.2, 0.25) is 0 Å². The van der Waals surface area contributed by atoms with Gasteiger partial charge in [0.05, 0.1) is 0 Å². The SMILES string of the molecule is Cc1cc(C(=O)NCC(N)C2CC2)ccc1Br.Cl. The molecule has 0 bridgehead atoms. The van der Waals surface area contributed by atoms with Gasteiger partial charge in [0.1, 0.15) is 0 Å². The Hall–Kier alpha value is -0.580. The summed E-state index contributed by atoms with van der Waals surface area (Å²) in [6, 6.07) is 5.69. The van der Waals surface area contributed by atoms with Crippen molar-refractivity contribution in [3.8, 4) is 0 Å². The number of nitrogens with two attached hydrogens (primary N) is 1. The summed E-state index contributed by atoms with van der Waals surface area (Å²) in [6.07, 6.45) is 2.41. The van der Waals surface area contributed by atoms with Crippen molar-refractivity contribution in [3.05, 3.63) is 33.8 Å². The Morgan fingerprint density at radius 1 is 1.56 bits per heavy atom. The number of nitrogens with one attached hydrogen (secondary N) is 1. The minimum Gasteiger partial charge on any atom is -0.350 e. The topological polar surface area (TPSA) is 55.1 Å². The summed E-state index contributed by atoms with van der Waals surface area (Å²) >= 11 is 3.42. The standard InChI is InChI=1S/C13H17BrN2O.ClH/c1-8-6-10(4-5-11(8)14)13(17)16-7-12(15)9-2-3-9;/h4-6,9,12H,2-3,7,15H2,1H3,(H,16,17);1H. The molecule has 0 heterocycles. The van der Waals surface area contributed by atoms with E-state index in [4.69, 9.17) is 5.73 Å². The van der Waals surface area contributed by atoms with Crippen molar-refractivity contribution in [2.75, 3.05) is 6.54 Å². The van der Waals surface area contributed by atoms with Crippen LogP contribution in [0.15, 0.2) is 22.7 Å². The van der Waals surface area contributed by atoms with E-state index < -0.39 is 0 Å². The van der Waals surface area contributed by atoms with Gasteiger partial charge in [-0.25, -0.2) is 0 Å². The molecule has 1 aliphatic rings. The quantitative estimate of drug-likeness (QED) is 0.890. The fourth-order valence-corrected chi connectivity index (χ4v) is 2.04. The number of carbonyl (C=O) groups excluding carboxylic acids is 1. The molecule has 5 heteroatoms. The zero-order valence-electron chi connectivity index (χ0n) is 10.3. The molecular weight excluding hydrogens is 316 g/mol. The van der Waals surface area contributed by atoms with Crippen LogP contribution in [0.1, 0.15) is 28.8 Å². The second kappa shape index (κ2) is 6.55. The summed E-state index contributed by atoms with van der Waals surface area (Å²) in [6.45, 7) is 2.54. The van der Waals surface area contributed by atoms with Crippen LogP contribution in [0.4, 0.5) is 0 Å². The zero-order valence-corrected chi connectivity index (χ0v) is 12.7. The van der Waals surface area contributed by atoms with Crippen LogP contribution >= 0.6 is 28.3 Å². The Bertz CT molecular complexity index is 435. The molecule has 1 aliphatic carbocycles. The summed E-state index contributed by atoms with van der Waals surface area (Å²) < 4.78 is 1.02. The molecule has 2 rings (SSSR count). The van der Waals surface area contributed by atoms with E-state index in [-0.39, 0.29) is 24.4 Å². The minimum absolute atomic E-state index is 0. The maximum atomic E-state index is 11.9. The number of aryl methyl sites for hydroxylation is 1. The first-order chi connectivity index (χ1) is 8.08. The van der Waals surface area contributed by atoms with E-state index in [0.29, 0.717) is 18.0 Å². The van der Waals surface area contributed by atoms with E-state index in [0.717, 1.165) is 10.0 Å². The Kier molecular flexibility index (Phi) is 5.63. The van der Waals surface area contributed by atoms with Crippen molar-refractivity contribution in [2.24, 2.45) is 11.7 Å². The zero-order chi connectivity index (χ0) is 12.4. The lowest BCUT2D eigenvalue weighted by Gasteiger charge is -2.12. The van der Waals surface area contributed by atoms with Gasteiger partial charge in [0, 0.05) is 22.6 Å². The molecule has 0 spiro atoms. The van der Waals surface area contributed by atoms with E-state index in [9.17, 15) is 4.79 Å². The van der Waals surface area contributed by atoms with Crippen LogP contribution in [0.25, 0.3) is 0 Å². The van der Waals surface area contributed by atoms with Gasteiger partial charge in [0.15, 0.2) is 0 Å². The molecule has 1 amide bonds. The van der Waals surface area contributed by atoms with Crippen LogP contribution in [0.5, 0.6) is 0 Å². The van der Waals surface area contributed by atoms with Crippen molar-refractivity contribution in [3.63, 3.8) is 0 Å². The summed E-state index contributed by atoms with van der Waals surface area (Å²) in [5, 5.41) is 2.89. The monoisotopic (exact) mass is 332 g/mol. The average Bonchev–Trinajstić information content (AvgIpc) is 3.13. The lowest BCUT2D eigenvalue weighted by atomic mass is 10.1. The number of halogens is 2. The Morgan fingerprint density at radius 3 is 2.78 bits per heavy atom. The van der Waals surface area contributed by atoms with Crippen LogP contribution in [-0.2, 0) is 0 Å². The molecule has 100 valence electrons. The second-order valence-electron chi connectivity index (χ2n) is 4.68. The molecule has 1 aromatic carbocycles. The Balaban J connectivity index is 0.00000162. The molecule has 18 heavy (non-hydrogen) atoms. The van der Waals surface area contributed by atoms with Crippen LogP contribution in [0.2, 0.25) is 0 Å². The molecule has 1 unspecified atom stereocenters. The van der Waals surface area contributed by atoms with Gasteiger partial charge in [0.25, 0.3) is 5.91 Å². The van der Waals surface area contributed by atoms with Gasteiger partial charge in [-0.2, -0.15) is 0 Å². The number of hydrogen-bond acceptors (Lipinski definition) is 2. The van der Waals surface area contributed by atoms with Crippen LogP contribution in [0, 0.1) is 12.8 Å². The van der Waals surface area contributed by atoms with Crippen molar-refractivity contribution in [2.45, 2.75) is 25.8 Å². The molecule has 1 aromatic rings. The second-order valence-corrected chi connectivity index (χ2v) is 5.53. The average molecular weight is 334 g/mol. The highest BCUT2D eigenvalue weighted by Crippen LogP contribution is 2.31. The van der Waals surface area contributed by atoms with Gasteiger partial charge in [-0.3, -0.25) is 4.79 Å². The highest BCUT2D eigenvalue weighted by molar-refractivity contribution is 9.10. The third-order valence-electron chi connectivity index (χ3n) is 3.15. The van der Waals surface area contributed by atoms with Gasteiger partial charge >= 0.3 is 0 Å². The van der Waals surface area contributed by atoms with E-state index in [2.05, 4.69) is 21.2 Å². The van der Waals surface area contributed by atoms with Crippen molar-refractivity contribution >= 4 is 34.2 Å².